The zero-order chi connectivity index (χ0) is 30.5. The fraction of sp³-hybridized carbons (Fsp3) is 0.379. The summed E-state index contributed by atoms with van der Waals surface area (Å²) in [7, 11) is -6.81. The fourth-order valence-corrected chi connectivity index (χ4v) is 10.3. The van der Waals surface area contributed by atoms with Crippen LogP contribution in [0.4, 0.5) is 22.0 Å². The van der Waals surface area contributed by atoms with Gasteiger partial charge in [-0.15, -0.1) is 0 Å². The number of ether oxygens (including phenoxy) is 1. The highest BCUT2D eigenvalue weighted by atomic mass is 32.2. The molecule has 13 heteroatoms. The molecule has 1 saturated heterocycles. The van der Waals surface area contributed by atoms with Crippen molar-refractivity contribution < 1.29 is 43.5 Å². The summed E-state index contributed by atoms with van der Waals surface area (Å²) in [4.78, 5) is -0.462. The molecule has 3 atom stereocenters. The SMILES string of the molecule is COc1ccc(CN2[C@@H]3CC[C@](c4cc(F)ccc4F)(S(=O)(=O)c4ccc(C(F)(F)F)cc4)C[C@@H]3CCS2(=O)=O)cc1. The van der Waals surface area contributed by atoms with Gasteiger partial charge in [0.25, 0.3) is 0 Å². The molecule has 0 N–H and O–H groups in total. The van der Waals surface area contributed by atoms with E-state index >= 15 is 4.39 Å². The third-order valence-corrected chi connectivity index (χ3v) is 12.8. The van der Waals surface area contributed by atoms with E-state index in [4.69, 9.17) is 4.74 Å². The molecular weight excluding hydrogens is 601 g/mol. The highest BCUT2D eigenvalue weighted by molar-refractivity contribution is 7.92. The first-order chi connectivity index (χ1) is 19.7. The molecule has 42 heavy (non-hydrogen) atoms. The third kappa shape index (κ3) is 5.42. The summed E-state index contributed by atoms with van der Waals surface area (Å²) in [5, 5.41) is 0. The number of hydrogen-bond donors (Lipinski definition) is 0. The van der Waals surface area contributed by atoms with Crippen LogP contribution in [0.1, 0.15) is 42.4 Å². The molecule has 1 aliphatic heterocycles. The number of alkyl halides is 3. The van der Waals surface area contributed by atoms with Crippen LogP contribution in [-0.2, 0) is 37.3 Å². The monoisotopic (exact) mass is 629 g/mol. The molecule has 0 bridgehead atoms. The van der Waals surface area contributed by atoms with E-state index in [0.717, 1.165) is 30.3 Å². The Balaban J connectivity index is 1.56. The molecule has 0 unspecified atom stereocenters. The molecule has 6 nitrogen and oxygen atoms in total. The Kier molecular flexibility index (Phi) is 7.90. The maximum absolute atomic E-state index is 15.3. The van der Waals surface area contributed by atoms with E-state index in [0.29, 0.717) is 23.4 Å². The molecule has 5 rings (SSSR count). The Hall–Kier alpha value is -3.03. The van der Waals surface area contributed by atoms with Crippen molar-refractivity contribution in [1.82, 2.24) is 4.31 Å². The molecule has 0 aromatic heterocycles. The minimum Gasteiger partial charge on any atom is -0.497 e. The quantitative estimate of drug-likeness (QED) is 0.310. The van der Waals surface area contributed by atoms with Crippen LogP contribution in [-0.4, -0.2) is 40.0 Å². The van der Waals surface area contributed by atoms with Crippen molar-refractivity contribution in [3.05, 3.63) is 95.1 Å². The van der Waals surface area contributed by atoms with Gasteiger partial charge in [-0.1, -0.05) is 12.1 Å². The van der Waals surface area contributed by atoms with Gasteiger partial charge >= 0.3 is 6.18 Å². The molecule has 1 heterocycles. The highest BCUT2D eigenvalue weighted by Gasteiger charge is 2.56. The predicted molar refractivity (Wildman–Crippen MR) is 145 cm³/mol. The van der Waals surface area contributed by atoms with E-state index in [-0.39, 0.29) is 38.0 Å². The van der Waals surface area contributed by atoms with Gasteiger partial charge in [-0.05, 0) is 91.8 Å². The molecule has 3 aromatic carbocycles. The van der Waals surface area contributed by atoms with Gasteiger partial charge in [-0.2, -0.15) is 17.5 Å². The van der Waals surface area contributed by atoms with E-state index in [1.54, 1.807) is 24.3 Å². The van der Waals surface area contributed by atoms with Crippen molar-refractivity contribution in [1.29, 1.82) is 0 Å². The summed E-state index contributed by atoms with van der Waals surface area (Å²) in [6.45, 7) is 0.0282. The molecule has 1 aliphatic carbocycles. The number of rotatable bonds is 6. The van der Waals surface area contributed by atoms with Crippen LogP contribution >= 0.6 is 0 Å². The van der Waals surface area contributed by atoms with E-state index < -0.39 is 70.4 Å². The van der Waals surface area contributed by atoms with Crippen molar-refractivity contribution in [2.45, 2.75) is 54.1 Å². The second-order valence-corrected chi connectivity index (χ2v) is 15.0. The number of sulfone groups is 1. The van der Waals surface area contributed by atoms with Crippen molar-refractivity contribution in [3.8, 4) is 5.75 Å². The van der Waals surface area contributed by atoms with Gasteiger partial charge in [0.1, 0.15) is 22.1 Å². The summed E-state index contributed by atoms with van der Waals surface area (Å²) in [6.07, 6.45) is -5.11. The topological polar surface area (TPSA) is 80.8 Å². The van der Waals surface area contributed by atoms with E-state index in [1.165, 1.54) is 11.4 Å². The lowest BCUT2D eigenvalue weighted by atomic mass is 9.73. The van der Waals surface area contributed by atoms with Crippen LogP contribution in [0.3, 0.4) is 0 Å². The normalized spacial score (nSPS) is 24.6. The Bertz CT molecular complexity index is 1680. The van der Waals surface area contributed by atoms with E-state index in [2.05, 4.69) is 0 Å². The zero-order valence-corrected chi connectivity index (χ0v) is 24.1. The van der Waals surface area contributed by atoms with Gasteiger partial charge in [0.15, 0.2) is 9.84 Å². The number of methoxy groups -OCH3 is 1. The first kappa shape index (κ1) is 30.4. The summed E-state index contributed by atoms with van der Waals surface area (Å²) in [5.74, 6) is -2.07. The zero-order valence-electron chi connectivity index (χ0n) is 22.4. The van der Waals surface area contributed by atoms with Gasteiger partial charge < -0.3 is 4.74 Å². The summed E-state index contributed by atoms with van der Waals surface area (Å²) >= 11 is 0. The Morgan fingerprint density at radius 3 is 2.26 bits per heavy atom. The number of hydrogen-bond acceptors (Lipinski definition) is 5. The molecule has 226 valence electrons. The molecule has 0 radical (unpaired) electrons. The lowest BCUT2D eigenvalue weighted by Crippen LogP contribution is -2.56. The molecule has 2 fully saturated rings. The lowest BCUT2D eigenvalue weighted by Gasteiger charge is -2.49. The number of fused-ring (bicyclic) bond motifs is 1. The first-order valence-corrected chi connectivity index (χ1v) is 16.3. The molecule has 3 aromatic rings. The Morgan fingerprint density at radius 2 is 1.64 bits per heavy atom. The van der Waals surface area contributed by atoms with Crippen LogP contribution in [0.2, 0.25) is 0 Å². The number of nitrogens with zero attached hydrogens (tertiary/aromatic N) is 1. The molecule has 1 saturated carbocycles. The van der Waals surface area contributed by atoms with Crippen LogP contribution in [0, 0.1) is 17.6 Å². The second kappa shape index (κ2) is 10.9. The number of halogens is 5. The van der Waals surface area contributed by atoms with Crippen molar-refractivity contribution in [2.75, 3.05) is 12.9 Å². The van der Waals surface area contributed by atoms with Gasteiger partial charge in [0.05, 0.1) is 23.3 Å². The summed E-state index contributed by atoms with van der Waals surface area (Å²) < 4.78 is 129. The minimum atomic E-state index is -4.70. The predicted octanol–water partition coefficient (Wildman–Crippen LogP) is 6.07. The van der Waals surface area contributed by atoms with Gasteiger partial charge in [0, 0.05) is 18.2 Å². The standard InChI is InChI=1S/C29H28F5NO5S2/c1-40-23-7-2-19(3-8-23)18-35-27-12-14-28(17-20(27)13-15-41(35,36)37,25-16-22(30)6-11-26(25)31)42(38,39)24-9-4-21(5-10-24)29(32,33)34/h2-11,16,20,27H,12-15,17-18H2,1H3/t20-,27+,28-/m0/s1. The highest BCUT2D eigenvalue weighted by Crippen LogP contribution is 2.53. The maximum Gasteiger partial charge on any atom is 0.416 e. The maximum atomic E-state index is 15.3. The molecular formula is C29H28F5NO5S2. The second-order valence-electron chi connectivity index (χ2n) is 10.7. The third-order valence-electron chi connectivity index (χ3n) is 8.38. The summed E-state index contributed by atoms with van der Waals surface area (Å²) in [6, 6.07) is 11.6. The molecule has 0 amide bonds. The van der Waals surface area contributed by atoms with Crippen LogP contribution < -0.4 is 4.74 Å². The van der Waals surface area contributed by atoms with Crippen LogP contribution in [0.5, 0.6) is 5.75 Å². The Morgan fingerprint density at radius 1 is 0.976 bits per heavy atom. The lowest BCUT2D eigenvalue weighted by molar-refractivity contribution is -0.137. The number of benzene rings is 3. The molecule has 0 spiro atoms. The Labute approximate surface area is 241 Å². The van der Waals surface area contributed by atoms with E-state index in [9.17, 15) is 34.4 Å². The van der Waals surface area contributed by atoms with Gasteiger partial charge in [-0.25, -0.2) is 25.6 Å². The van der Waals surface area contributed by atoms with Gasteiger partial charge in [-0.3, -0.25) is 0 Å². The van der Waals surface area contributed by atoms with Crippen LogP contribution in [0.25, 0.3) is 0 Å². The average molecular weight is 630 g/mol. The van der Waals surface area contributed by atoms with E-state index in [1.807, 2.05) is 0 Å². The molecule has 2 aliphatic rings. The smallest absolute Gasteiger partial charge is 0.416 e. The fourth-order valence-electron chi connectivity index (χ4n) is 6.23. The van der Waals surface area contributed by atoms with Crippen molar-refractivity contribution >= 4 is 19.9 Å². The average Bonchev–Trinajstić information content (AvgIpc) is 2.95. The first-order valence-electron chi connectivity index (χ1n) is 13.2. The van der Waals surface area contributed by atoms with Crippen molar-refractivity contribution in [3.63, 3.8) is 0 Å². The largest absolute Gasteiger partial charge is 0.497 e. The van der Waals surface area contributed by atoms with Crippen molar-refractivity contribution in [2.24, 2.45) is 5.92 Å². The van der Waals surface area contributed by atoms with Crippen LogP contribution in [0.15, 0.2) is 71.6 Å². The van der Waals surface area contributed by atoms with Gasteiger partial charge in [0.2, 0.25) is 10.0 Å². The number of sulfonamides is 1. The minimum absolute atomic E-state index is 0.00979. The summed E-state index contributed by atoms with van der Waals surface area (Å²) in [5.41, 5.74) is -0.788.